The minimum Gasteiger partial charge on any atom is -0.356 e. The van der Waals surface area contributed by atoms with Gasteiger partial charge >= 0.3 is 0 Å². The fraction of sp³-hybridized carbons (Fsp3) is 0.273. The maximum atomic E-state index is 14.3. The Balaban J connectivity index is 1.91. The Morgan fingerprint density at radius 2 is 1.96 bits per heavy atom. The standard InChI is InChI=1S/C22H22FN3O/c1-22(2)11-15(13-27)19-18(12-22)26-20(14-7-9-24-10-8-14)21(19)25-17-6-4-3-5-16(17)23/h3-10,13,15,25-26H,11-12H2,1-2H3. The number of para-hydroxylation sites is 1. The third kappa shape index (κ3) is 3.25. The summed E-state index contributed by atoms with van der Waals surface area (Å²) < 4.78 is 14.3. The molecule has 3 aromatic rings. The number of carbonyl (C=O) groups is 1. The zero-order valence-electron chi connectivity index (χ0n) is 15.4. The SMILES string of the molecule is CC1(C)Cc2[nH]c(-c3ccncc3)c(Nc3ccccc3F)c2C(C=O)C1. The molecule has 4 rings (SSSR count). The highest BCUT2D eigenvalue weighted by Crippen LogP contribution is 2.48. The number of carbonyl (C=O) groups excluding carboxylic acids is 1. The molecule has 2 heterocycles. The van der Waals surface area contributed by atoms with Gasteiger partial charge in [-0.1, -0.05) is 26.0 Å². The van der Waals surface area contributed by atoms with Crippen molar-refractivity contribution < 1.29 is 9.18 Å². The molecule has 0 amide bonds. The van der Waals surface area contributed by atoms with Crippen molar-refractivity contribution in [3.63, 3.8) is 0 Å². The van der Waals surface area contributed by atoms with E-state index >= 15 is 0 Å². The highest BCUT2D eigenvalue weighted by atomic mass is 19.1. The number of hydrogen-bond acceptors (Lipinski definition) is 3. The van der Waals surface area contributed by atoms with E-state index in [1.165, 1.54) is 6.07 Å². The molecule has 1 atom stereocenters. The number of pyridine rings is 1. The summed E-state index contributed by atoms with van der Waals surface area (Å²) in [6, 6.07) is 10.4. The number of nitrogens with zero attached hydrogens (tertiary/aromatic N) is 1. The van der Waals surface area contributed by atoms with Crippen molar-refractivity contribution >= 4 is 17.7 Å². The predicted octanol–water partition coefficient (Wildman–Crippen LogP) is 5.21. The Labute approximate surface area is 157 Å². The van der Waals surface area contributed by atoms with Gasteiger partial charge < -0.3 is 15.1 Å². The molecule has 0 saturated carbocycles. The molecule has 0 radical (unpaired) electrons. The van der Waals surface area contributed by atoms with Crippen LogP contribution in [0.25, 0.3) is 11.3 Å². The number of aromatic amines is 1. The summed E-state index contributed by atoms with van der Waals surface area (Å²) in [7, 11) is 0. The van der Waals surface area contributed by atoms with Gasteiger partial charge in [0.25, 0.3) is 0 Å². The van der Waals surface area contributed by atoms with E-state index in [0.717, 1.165) is 47.3 Å². The summed E-state index contributed by atoms with van der Waals surface area (Å²) >= 11 is 0. The lowest BCUT2D eigenvalue weighted by Crippen LogP contribution is -2.26. The topological polar surface area (TPSA) is 57.8 Å². The van der Waals surface area contributed by atoms with Crippen molar-refractivity contribution in [2.75, 3.05) is 5.32 Å². The quantitative estimate of drug-likeness (QED) is 0.625. The van der Waals surface area contributed by atoms with E-state index in [-0.39, 0.29) is 17.2 Å². The van der Waals surface area contributed by atoms with E-state index in [2.05, 4.69) is 29.1 Å². The molecule has 0 spiro atoms. The third-order valence-corrected chi connectivity index (χ3v) is 5.19. The molecule has 1 aliphatic carbocycles. The number of fused-ring (bicyclic) bond motifs is 1. The molecule has 5 heteroatoms. The molecule has 2 aromatic heterocycles. The van der Waals surface area contributed by atoms with Crippen molar-refractivity contribution in [2.24, 2.45) is 5.41 Å². The summed E-state index contributed by atoms with van der Waals surface area (Å²) in [6.45, 7) is 4.34. The predicted molar refractivity (Wildman–Crippen MR) is 105 cm³/mol. The number of nitrogens with one attached hydrogen (secondary N) is 2. The van der Waals surface area contributed by atoms with Gasteiger partial charge in [0.15, 0.2) is 0 Å². The van der Waals surface area contributed by atoms with Crippen LogP contribution in [0.1, 0.15) is 37.4 Å². The Hall–Kier alpha value is -2.95. The van der Waals surface area contributed by atoms with Crippen molar-refractivity contribution in [2.45, 2.75) is 32.6 Å². The van der Waals surface area contributed by atoms with E-state index in [4.69, 9.17) is 0 Å². The van der Waals surface area contributed by atoms with E-state index in [9.17, 15) is 9.18 Å². The number of aromatic nitrogens is 2. The van der Waals surface area contributed by atoms with Gasteiger partial charge in [-0.05, 0) is 42.5 Å². The molecule has 0 bridgehead atoms. The van der Waals surface area contributed by atoms with Gasteiger partial charge in [0, 0.05) is 35.1 Å². The molecule has 27 heavy (non-hydrogen) atoms. The van der Waals surface area contributed by atoms with Crippen LogP contribution in [0.15, 0.2) is 48.8 Å². The lowest BCUT2D eigenvalue weighted by Gasteiger charge is -2.33. The molecule has 138 valence electrons. The monoisotopic (exact) mass is 363 g/mol. The third-order valence-electron chi connectivity index (χ3n) is 5.19. The van der Waals surface area contributed by atoms with Crippen LogP contribution >= 0.6 is 0 Å². The van der Waals surface area contributed by atoms with E-state index in [0.29, 0.717) is 5.69 Å². The Kier molecular flexibility index (Phi) is 4.30. The van der Waals surface area contributed by atoms with Crippen LogP contribution in [0.4, 0.5) is 15.8 Å². The highest BCUT2D eigenvalue weighted by molar-refractivity contribution is 5.86. The van der Waals surface area contributed by atoms with E-state index < -0.39 is 0 Å². The lowest BCUT2D eigenvalue weighted by molar-refractivity contribution is -0.109. The number of rotatable bonds is 4. The van der Waals surface area contributed by atoms with Gasteiger partial charge in [0.1, 0.15) is 12.1 Å². The molecular weight excluding hydrogens is 341 g/mol. The van der Waals surface area contributed by atoms with Crippen molar-refractivity contribution in [3.05, 3.63) is 65.9 Å². The molecule has 0 fully saturated rings. The fourth-order valence-corrected chi connectivity index (χ4v) is 4.04. The Morgan fingerprint density at radius 3 is 2.67 bits per heavy atom. The second-order valence-electron chi connectivity index (χ2n) is 7.90. The minimum atomic E-state index is -0.327. The fourth-order valence-electron chi connectivity index (χ4n) is 4.04. The first-order valence-electron chi connectivity index (χ1n) is 9.10. The maximum Gasteiger partial charge on any atom is 0.146 e. The first-order valence-corrected chi connectivity index (χ1v) is 9.10. The summed E-state index contributed by atoms with van der Waals surface area (Å²) in [5.74, 6) is -0.559. The smallest absolute Gasteiger partial charge is 0.146 e. The first kappa shape index (κ1) is 17.5. The number of hydrogen-bond donors (Lipinski definition) is 2. The Morgan fingerprint density at radius 1 is 1.22 bits per heavy atom. The summed E-state index contributed by atoms with van der Waals surface area (Å²) in [6.07, 6.45) is 6.07. The largest absolute Gasteiger partial charge is 0.356 e. The second kappa shape index (κ2) is 6.65. The van der Waals surface area contributed by atoms with Crippen LogP contribution < -0.4 is 5.32 Å². The van der Waals surface area contributed by atoms with Crippen LogP contribution in [0.3, 0.4) is 0 Å². The zero-order chi connectivity index (χ0) is 19.0. The first-order chi connectivity index (χ1) is 13.0. The van der Waals surface area contributed by atoms with E-state index in [1.807, 2.05) is 12.1 Å². The average Bonchev–Trinajstić information content (AvgIpc) is 3.00. The van der Waals surface area contributed by atoms with Gasteiger partial charge in [-0.15, -0.1) is 0 Å². The molecule has 1 aliphatic rings. The second-order valence-corrected chi connectivity index (χ2v) is 7.90. The number of H-pyrrole nitrogens is 1. The van der Waals surface area contributed by atoms with Crippen molar-refractivity contribution in [1.82, 2.24) is 9.97 Å². The molecule has 0 saturated heterocycles. The van der Waals surface area contributed by atoms with Gasteiger partial charge in [-0.3, -0.25) is 4.98 Å². The maximum absolute atomic E-state index is 14.3. The molecule has 4 nitrogen and oxygen atoms in total. The lowest BCUT2D eigenvalue weighted by atomic mass is 9.71. The summed E-state index contributed by atoms with van der Waals surface area (Å²) in [5.41, 5.74) is 4.97. The number of aldehydes is 1. The summed E-state index contributed by atoms with van der Waals surface area (Å²) in [5, 5.41) is 3.25. The number of anilines is 2. The van der Waals surface area contributed by atoms with Crippen LogP contribution in [0, 0.1) is 11.2 Å². The highest BCUT2D eigenvalue weighted by Gasteiger charge is 2.36. The van der Waals surface area contributed by atoms with Crippen LogP contribution in [-0.2, 0) is 11.2 Å². The minimum absolute atomic E-state index is 0.0220. The van der Waals surface area contributed by atoms with Crippen LogP contribution in [0.2, 0.25) is 0 Å². The van der Waals surface area contributed by atoms with Crippen LogP contribution in [0.5, 0.6) is 0 Å². The molecule has 1 unspecified atom stereocenters. The summed E-state index contributed by atoms with van der Waals surface area (Å²) in [4.78, 5) is 19.5. The van der Waals surface area contributed by atoms with Crippen molar-refractivity contribution in [3.8, 4) is 11.3 Å². The molecular formula is C22H22FN3O. The number of benzene rings is 1. The Bertz CT molecular complexity index is 978. The number of halogens is 1. The normalized spacial score (nSPS) is 18.0. The van der Waals surface area contributed by atoms with Gasteiger partial charge in [0.2, 0.25) is 0 Å². The van der Waals surface area contributed by atoms with Crippen LogP contribution in [-0.4, -0.2) is 16.3 Å². The van der Waals surface area contributed by atoms with E-state index in [1.54, 1.807) is 30.6 Å². The van der Waals surface area contributed by atoms with Gasteiger partial charge in [-0.2, -0.15) is 0 Å². The molecule has 0 aliphatic heterocycles. The van der Waals surface area contributed by atoms with Gasteiger partial charge in [0.05, 0.1) is 17.1 Å². The average molecular weight is 363 g/mol. The molecule has 1 aromatic carbocycles. The van der Waals surface area contributed by atoms with Gasteiger partial charge in [-0.25, -0.2) is 4.39 Å². The zero-order valence-corrected chi connectivity index (χ0v) is 15.4. The molecule has 2 N–H and O–H groups in total. The van der Waals surface area contributed by atoms with Crippen molar-refractivity contribution in [1.29, 1.82) is 0 Å².